The number of nitrogens with zero attached hydrogens (tertiary/aromatic N) is 2. The average Bonchev–Trinajstić information content (AvgIpc) is 3.44. The van der Waals surface area contributed by atoms with Crippen LogP contribution >= 0.6 is 11.8 Å². The zero-order valence-corrected chi connectivity index (χ0v) is 17.6. The highest BCUT2D eigenvalue weighted by Crippen LogP contribution is 2.32. The van der Waals surface area contributed by atoms with Crippen LogP contribution in [0.2, 0.25) is 0 Å². The number of thioether (sulfide) groups is 1. The SMILES string of the molecule is Cc1ccc(-c2nnc(SCC(=O)c3c(-c4ccccc4)[nH]c4ccccc34)o2)cc1. The summed E-state index contributed by atoms with van der Waals surface area (Å²) in [5.41, 5.74) is 5.46. The van der Waals surface area contributed by atoms with Gasteiger partial charge in [0.05, 0.1) is 17.0 Å². The fourth-order valence-corrected chi connectivity index (χ4v) is 4.17. The van der Waals surface area contributed by atoms with E-state index in [9.17, 15) is 4.79 Å². The maximum absolute atomic E-state index is 13.3. The molecule has 0 amide bonds. The van der Waals surface area contributed by atoms with Crippen molar-refractivity contribution < 1.29 is 9.21 Å². The number of nitrogens with one attached hydrogen (secondary N) is 1. The van der Waals surface area contributed by atoms with E-state index in [2.05, 4.69) is 15.2 Å². The number of fused-ring (bicyclic) bond motifs is 1. The molecule has 5 nitrogen and oxygen atoms in total. The first-order valence-corrected chi connectivity index (χ1v) is 10.9. The van der Waals surface area contributed by atoms with E-state index in [0.717, 1.165) is 33.3 Å². The molecule has 5 rings (SSSR count). The molecule has 0 saturated heterocycles. The van der Waals surface area contributed by atoms with Crippen LogP contribution in [0.5, 0.6) is 0 Å². The van der Waals surface area contributed by atoms with Gasteiger partial charge in [0.15, 0.2) is 5.78 Å². The molecule has 0 radical (unpaired) electrons. The molecule has 0 bridgehead atoms. The minimum atomic E-state index is 0.0105. The van der Waals surface area contributed by atoms with Crippen molar-refractivity contribution in [3.63, 3.8) is 0 Å². The second kappa shape index (κ2) is 8.24. The third-order valence-corrected chi connectivity index (χ3v) is 5.90. The van der Waals surface area contributed by atoms with E-state index in [0.29, 0.717) is 16.7 Å². The van der Waals surface area contributed by atoms with Gasteiger partial charge in [0, 0.05) is 16.5 Å². The number of H-pyrrole nitrogens is 1. The number of carbonyl (C=O) groups is 1. The Morgan fingerprint density at radius 3 is 2.45 bits per heavy atom. The first kappa shape index (κ1) is 19.3. The topological polar surface area (TPSA) is 71.8 Å². The number of aryl methyl sites for hydroxylation is 1. The van der Waals surface area contributed by atoms with Gasteiger partial charge < -0.3 is 9.40 Å². The van der Waals surface area contributed by atoms with Gasteiger partial charge in [0.2, 0.25) is 5.89 Å². The van der Waals surface area contributed by atoms with Gasteiger partial charge in [-0.2, -0.15) is 0 Å². The molecule has 0 aliphatic carbocycles. The van der Waals surface area contributed by atoms with Crippen LogP contribution in [0, 0.1) is 6.92 Å². The van der Waals surface area contributed by atoms with E-state index in [1.54, 1.807) is 0 Å². The molecule has 0 aliphatic heterocycles. The van der Waals surface area contributed by atoms with Crippen LogP contribution < -0.4 is 0 Å². The summed E-state index contributed by atoms with van der Waals surface area (Å²) in [6.45, 7) is 2.03. The lowest BCUT2D eigenvalue weighted by molar-refractivity contribution is 0.102. The Hall–Kier alpha value is -3.64. The molecule has 0 spiro atoms. The number of Topliss-reactive ketones (excluding diaryl/α,β-unsaturated/α-hetero) is 1. The molecule has 6 heteroatoms. The molecule has 0 fully saturated rings. The smallest absolute Gasteiger partial charge is 0.277 e. The van der Waals surface area contributed by atoms with E-state index < -0.39 is 0 Å². The molecule has 2 aromatic heterocycles. The maximum atomic E-state index is 13.3. The summed E-state index contributed by atoms with van der Waals surface area (Å²) in [5, 5.41) is 9.51. The van der Waals surface area contributed by atoms with E-state index >= 15 is 0 Å². The fourth-order valence-electron chi connectivity index (χ4n) is 3.53. The Balaban J connectivity index is 1.41. The normalized spacial score (nSPS) is 11.1. The highest BCUT2D eigenvalue weighted by atomic mass is 32.2. The molecule has 31 heavy (non-hydrogen) atoms. The van der Waals surface area contributed by atoms with E-state index in [-0.39, 0.29) is 11.5 Å². The molecule has 2 heterocycles. The molecule has 0 saturated carbocycles. The summed E-state index contributed by atoms with van der Waals surface area (Å²) in [5.74, 6) is 0.667. The van der Waals surface area contributed by atoms with Crippen molar-refractivity contribution in [2.24, 2.45) is 0 Å². The number of hydrogen-bond donors (Lipinski definition) is 1. The lowest BCUT2D eigenvalue weighted by atomic mass is 10.0. The summed E-state index contributed by atoms with van der Waals surface area (Å²) in [6, 6.07) is 25.6. The highest BCUT2D eigenvalue weighted by Gasteiger charge is 2.20. The van der Waals surface area contributed by atoms with Crippen molar-refractivity contribution in [2.75, 3.05) is 5.75 Å². The van der Waals surface area contributed by atoms with Crippen LogP contribution in [0.25, 0.3) is 33.6 Å². The lowest BCUT2D eigenvalue weighted by Gasteiger charge is -2.04. The molecule has 0 atom stereocenters. The summed E-state index contributed by atoms with van der Waals surface area (Å²) in [4.78, 5) is 16.7. The molecule has 0 aliphatic rings. The summed E-state index contributed by atoms with van der Waals surface area (Å²) in [7, 11) is 0. The monoisotopic (exact) mass is 425 g/mol. The quantitative estimate of drug-likeness (QED) is 0.260. The Kier molecular flexibility index (Phi) is 5.14. The molecular formula is C25H19N3O2S. The van der Waals surface area contributed by atoms with Crippen LogP contribution in [-0.2, 0) is 0 Å². The van der Waals surface area contributed by atoms with E-state index in [1.807, 2.05) is 85.8 Å². The number of aromatic nitrogens is 3. The summed E-state index contributed by atoms with van der Waals surface area (Å²) >= 11 is 1.25. The molecule has 5 aromatic rings. The van der Waals surface area contributed by atoms with Crippen molar-refractivity contribution in [1.29, 1.82) is 0 Å². The Bertz CT molecular complexity index is 1350. The first-order valence-electron chi connectivity index (χ1n) is 9.92. The third-order valence-electron chi connectivity index (χ3n) is 5.08. The Labute approximate surface area is 183 Å². The van der Waals surface area contributed by atoms with Gasteiger partial charge in [-0.15, -0.1) is 10.2 Å². The Morgan fingerprint density at radius 1 is 0.903 bits per heavy atom. The van der Waals surface area contributed by atoms with E-state index in [1.165, 1.54) is 11.8 Å². The highest BCUT2D eigenvalue weighted by molar-refractivity contribution is 7.99. The number of rotatable bonds is 6. The second-order valence-corrected chi connectivity index (χ2v) is 8.16. The molecule has 3 aromatic carbocycles. The lowest BCUT2D eigenvalue weighted by Crippen LogP contribution is -2.03. The van der Waals surface area contributed by atoms with Crippen LogP contribution in [0.15, 0.2) is 88.5 Å². The van der Waals surface area contributed by atoms with Crippen LogP contribution in [0.1, 0.15) is 15.9 Å². The van der Waals surface area contributed by atoms with Gasteiger partial charge in [-0.3, -0.25) is 4.79 Å². The zero-order valence-electron chi connectivity index (χ0n) is 16.8. The van der Waals surface area contributed by atoms with Crippen LogP contribution in [0.4, 0.5) is 0 Å². The van der Waals surface area contributed by atoms with Gasteiger partial charge in [-0.1, -0.05) is 78.0 Å². The predicted octanol–water partition coefficient (Wildman–Crippen LogP) is 6.17. The van der Waals surface area contributed by atoms with Crippen molar-refractivity contribution in [1.82, 2.24) is 15.2 Å². The number of aromatic amines is 1. The minimum absolute atomic E-state index is 0.0105. The van der Waals surface area contributed by atoms with Gasteiger partial charge in [-0.05, 0) is 30.7 Å². The average molecular weight is 426 g/mol. The zero-order chi connectivity index (χ0) is 21.2. The molecule has 1 N–H and O–H groups in total. The maximum Gasteiger partial charge on any atom is 0.277 e. The van der Waals surface area contributed by atoms with Gasteiger partial charge in [0.1, 0.15) is 0 Å². The number of benzene rings is 3. The number of ketones is 1. The number of hydrogen-bond acceptors (Lipinski definition) is 5. The molecule has 0 unspecified atom stereocenters. The predicted molar refractivity (Wildman–Crippen MR) is 123 cm³/mol. The van der Waals surface area contributed by atoms with Crippen molar-refractivity contribution in [3.05, 3.63) is 90.0 Å². The van der Waals surface area contributed by atoms with Crippen LogP contribution in [0.3, 0.4) is 0 Å². The number of para-hydroxylation sites is 1. The summed E-state index contributed by atoms with van der Waals surface area (Å²) in [6.07, 6.45) is 0. The molecular weight excluding hydrogens is 406 g/mol. The van der Waals surface area contributed by atoms with Crippen molar-refractivity contribution in [2.45, 2.75) is 12.1 Å². The van der Waals surface area contributed by atoms with Crippen molar-refractivity contribution in [3.8, 4) is 22.7 Å². The van der Waals surface area contributed by atoms with Gasteiger partial charge in [-0.25, -0.2) is 0 Å². The Morgan fingerprint density at radius 2 is 1.65 bits per heavy atom. The van der Waals surface area contributed by atoms with E-state index in [4.69, 9.17) is 4.42 Å². The largest absolute Gasteiger partial charge is 0.411 e. The van der Waals surface area contributed by atoms with Crippen LogP contribution in [-0.4, -0.2) is 26.7 Å². The first-order chi connectivity index (χ1) is 15.2. The summed E-state index contributed by atoms with van der Waals surface area (Å²) < 4.78 is 5.76. The third kappa shape index (κ3) is 3.90. The van der Waals surface area contributed by atoms with Gasteiger partial charge >= 0.3 is 0 Å². The fraction of sp³-hybridized carbons (Fsp3) is 0.0800. The standard InChI is InChI=1S/C25H19N3O2S/c1-16-11-13-18(14-12-16)24-27-28-25(30-24)31-15-21(29)22-19-9-5-6-10-20(19)26-23(22)17-7-3-2-4-8-17/h2-14,26H,15H2,1H3. The van der Waals surface area contributed by atoms with Gasteiger partial charge in [0.25, 0.3) is 5.22 Å². The second-order valence-electron chi connectivity index (χ2n) is 7.24. The molecule has 152 valence electrons. The number of carbonyl (C=O) groups excluding carboxylic acids is 1. The minimum Gasteiger partial charge on any atom is -0.411 e. The van der Waals surface area contributed by atoms with Crippen molar-refractivity contribution >= 4 is 28.4 Å².